The normalized spacial score (nSPS) is 11.1. The van der Waals surface area contributed by atoms with Gasteiger partial charge in [-0.1, -0.05) is 35.3 Å². The number of pyridine rings is 2. The summed E-state index contributed by atoms with van der Waals surface area (Å²) < 4.78 is 64.6. The Morgan fingerprint density at radius 1 is 0.809 bits per heavy atom. The molecule has 2 heterocycles. The Morgan fingerprint density at radius 2 is 1.21 bits per heavy atom. The van der Waals surface area contributed by atoms with E-state index in [1.807, 2.05) is 0 Å². The fourth-order valence-corrected chi connectivity index (χ4v) is 5.13. The van der Waals surface area contributed by atoms with E-state index >= 15 is 0 Å². The van der Waals surface area contributed by atoms with Gasteiger partial charge in [-0.05, 0) is 71.0 Å². The van der Waals surface area contributed by atoms with Crippen molar-refractivity contribution in [2.24, 2.45) is 0 Å². The molecule has 0 saturated carbocycles. The number of halogens is 6. The predicted molar refractivity (Wildman–Crippen MR) is 178 cm³/mol. The predicted octanol–water partition coefficient (Wildman–Crippen LogP) is 8.35. The Labute approximate surface area is 279 Å². The van der Waals surface area contributed by atoms with E-state index in [0.29, 0.717) is 5.69 Å². The van der Waals surface area contributed by atoms with Crippen LogP contribution in [0.1, 0.15) is 34.6 Å². The summed E-state index contributed by atoms with van der Waals surface area (Å²) in [6.07, 6.45) is -0.752. The maximum absolute atomic E-state index is 14.5. The van der Waals surface area contributed by atoms with E-state index in [9.17, 15) is 31.9 Å². The topological polar surface area (TPSA) is 85.6 Å². The third-order valence-electron chi connectivity index (χ3n) is 6.80. The standard InChI is InChI=1S/C19H21ClF2N2O3.C14H13ClF2N2O/c1-6-24-16(15-12(21)8-7-9-13(15)22)14(10-11(20)17(24)25)23(5)18(26)27-19(2,3)4;1-3-19-13(11(18-2)7-8(15)14(19)20)12-9(16)5-4-6-10(12)17/h7-10H,6H2,1-5H3;4-7,18H,3H2,1-2H3. The maximum Gasteiger partial charge on any atom is 0.414 e. The van der Waals surface area contributed by atoms with E-state index in [0.717, 1.165) is 33.7 Å². The first-order valence-electron chi connectivity index (χ1n) is 14.4. The van der Waals surface area contributed by atoms with Gasteiger partial charge in [0, 0.05) is 27.2 Å². The molecule has 0 bridgehead atoms. The fourth-order valence-electron chi connectivity index (χ4n) is 4.71. The van der Waals surface area contributed by atoms with Crippen molar-refractivity contribution in [2.75, 3.05) is 24.3 Å². The molecule has 14 heteroatoms. The lowest BCUT2D eigenvalue weighted by Gasteiger charge is -2.27. The van der Waals surface area contributed by atoms with Crippen LogP contribution in [0.25, 0.3) is 22.5 Å². The summed E-state index contributed by atoms with van der Waals surface area (Å²) in [6.45, 7) is 8.76. The third kappa shape index (κ3) is 7.99. The summed E-state index contributed by atoms with van der Waals surface area (Å²) in [7, 11) is 2.98. The van der Waals surface area contributed by atoms with Crippen LogP contribution in [0, 0.1) is 23.3 Å². The molecule has 0 aliphatic heterocycles. The highest BCUT2D eigenvalue weighted by Gasteiger charge is 2.28. The van der Waals surface area contributed by atoms with Crippen molar-refractivity contribution in [2.45, 2.75) is 53.3 Å². The first kappa shape index (κ1) is 37.2. The molecule has 1 amide bonds. The van der Waals surface area contributed by atoms with Crippen LogP contribution in [0.15, 0.2) is 58.1 Å². The summed E-state index contributed by atoms with van der Waals surface area (Å²) in [5.74, 6) is -3.19. The van der Waals surface area contributed by atoms with Crippen molar-refractivity contribution in [3.8, 4) is 22.5 Å². The first-order valence-corrected chi connectivity index (χ1v) is 15.1. The van der Waals surface area contributed by atoms with E-state index in [1.165, 1.54) is 35.9 Å². The highest BCUT2D eigenvalue weighted by Crippen LogP contribution is 2.36. The number of rotatable bonds is 6. The summed E-state index contributed by atoms with van der Waals surface area (Å²) >= 11 is 11.9. The number of carbonyl (C=O) groups excluding carboxylic acids is 1. The Bertz CT molecular complexity index is 1880. The second-order valence-corrected chi connectivity index (χ2v) is 11.9. The van der Waals surface area contributed by atoms with Crippen LogP contribution in [0.2, 0.25) is 10.0 Å². The molecular formula is C33H34Cl2F4N4O4. The van der Waals surface area contributed by atoms with Crippen LogP contribution in [-0.2, 0) is 17.8 Å². The van der Waals surface area contributed by atoms with Gasteiger partial charge in [-0.2, -0.15) is 0 Å². The number of benzene rings is 2. The highest BCUT2D eigenvalue weighted by molar-refractivity contribution is 6.31. The Balaban J connectivity index is 0.000000267. The third-order valence-corrected chi connectivity index (χ3v) is 7.34. The zero-order chi connectivity index (χ0) is 35.4. The zero-order valence-corrected chi connectivity index (χ0v) is 28.3. The number of ether oxygens (including phenoxy) is 1. The van der Waals surface area contributed by atoms with Crippen LogP contribution < -0.4 is 21.3 Å². The minimum atomic E-state index is -0.863. The average Bonchev–Trinajstić information content (AvgIpc) is 2.99. The van der Waals surface area contributed by atoms with E-state index in [1.54, 1.807) is 41.7 Å². The molecule has 0 spiro atoms. The lowest BCUT2D eigenvalue weighted by Crippen LogP contribution is -2.36. The van der Waals surface area contributed by atoms with Crippen LogP contribution >= 0.6 is 23.2 Å². The molecule has 0 radical (unpaired) electrons. The van der Waals surface area contributed by atoms with Gasteiger partial charge in [-0.3, -0.25) is 14.5 Å². The van der Waals surface area contributed by atoms with E-state index < -0.39 is 51.6 Å². The molecule has 0 unspecified atom stereocenters. The molecule has 252 valence electrons. The monoisotopic (exact) mass is 696 g/mol. The lowest BCUT2D eigenvalue weighted by atomic mass is 10.1. The summed E-state index contributed by atoms with van der Waals surface area (Å²) in [5.41, 5.74) is -2.02. The summed E-state index contributed by atoms with van der Waals surface area (Å²) in [6, 6.07) is 9.53. The van der Waals surface area contributed by atoms with Gasteiger partial charge in [0.15, 0.2) is 0 Å². The largest absolute Gasteiger partial charge is 0.443 e. The molecule has 0 aliphatic carbocycles. The molecular weight excluding hydrogens is 663 g/mol. The molecule has 0 atom stereocenters. The highest BCUT2D eigenvalue weighted by atomic mass is 35.5. The van der Waals surface area contributed by atoms with Crippen LogP contribution in [0.5, 0.6) is 0 Å². The van der Waals surface area contributed by atoms with Gasteiger partial charge in [0.2, 0.25) is 0 Å². The van der Waals surface area contributed by atoms with E-state index in [4.69, 9.17) is 27.9 Å². The van der Waals surface area contributed by atoms with Crippen molar-refractivity contribution in [1.29, 1.82) is 0 Å². The molecule has 1 N–H and O–H groups in total. The Kier molecular flexibility index (Phi) is 11.9. The van der Waals surface area contributed by atoms with E-state index in [2.05, 4.69) is 5.32 Å². The van der Waals surface area contributed by atoms with Crippen LogP contribution in [0.3, 0.4) is 0 Å². The average molecular weight is 698 g/mol. The van der Waals surface area contributed by atoms with Crippen molar-refractivity contribution in [1.82, 2.24) is 9.13 Å². The first-order chi connectivity index (χ1) is 22.0. The van der Waals surface area contributed by atoms with Crippen molar-refractivity contribution in [3.05, 3.63) is 103 Å². The molecule has 0 saturated heterocycles. The number of anilines is 2. The van der Waals surface area contributed by atoms with Gasteiger partial charge in [-0.15, -0.1) is 0 Å². The van der Waals surface area contributed by atoms with Gasteiger partial charge in [0.05, 0.1) is 33.9 Å². The number of nitrogens with zero attached hydrogens (tertiary/aromatic N) is 3. The number of hydrogen-bond acceptors (Lipinski definition) is 5. The second kappa shape index (κ2) is 15.1. The van der Waals surface area contributed by atoms with Gasteiger partial charge in [0.25, 0.3) is 11.1 Å². The van der Waals surface area contributed by atoms with Gasteiger partial charge in [0.1, 0.15) is 38.9 Å². The SMILES string of the molecule is CCn1c(-c2c(F)cccc2F)c(N(C)C(=O)OC(C)(C)C)cc(Cl)c1=O.CCn1c(-c2c(F)cccc2F)c(NC)cc(Cl)c1=O. The van der Waals surface area contributed by atoms with Gasteiger partial charge in [-0.25, -0.2) is 22.4 Å². The summed E-state index contributed by atoms with van der Waals surface area (Å²) in [4.78, 5) is 38.1. The van der Waals surface area contributed by atoms with Crippen molar-refractivity contribution < 1.29 is 27.1 Å². The molecule has 2 aromatic heterocycles. The molecule has 4 aromatic rings. The molecule has 47 heavy (non-hydrogen) atoms. The Morgan fingerprint density at radius 3 is 1.62 bits per heavy atom. The van der Waals surface area contributed by atoms with Gasteiger partial charge < -0.3 is 19.2 Å². The molecule has 0 fully saturated rings. The van der Waals surface area contributed by atoms with Crippen molar-refractivity contribution >= 4 is 40.7 Å². The van der Waals surface area contributed by atoms with E-state index in [-0.39, 0.29) is 45.8 Å². The molecule has 0 aliphatic rings. The quantitative estimate of drug-likeness (QED) is 0.205. The second-order valence-electron chi connectivity index (χ2n) is 11.1. The molecule has 8 nitrogen and oxygen atoms in total. The van der Waals surface area contributed by atoms with Crippen molar-refractivity contribution in [3.63, 3.8) is 0 Å². The minimum Gasteiger partial charge on any atom is -0.443 e. The fraction of sp³-hybridized carbons (Fsp3) is 0.303. The number of carbonyl (C=O) groups is 1. The minimum absolute atomic E-state index is 0.00306. The van der Waals surface area contributed by atoms with Crippen LogP contribution in [0.4, 0.5) is 33.7 Å². The number of amides is 1. The number of hydrogen-bond donors (Lipinski definition) is 1. The number of nitrogens with one attached hydrogen (secondary N) is 1. The van der Waals surface area contributed by atoms with Gasteiger partial charge >= 0.3 is 6.09 Å². The Hall–Kier alpha value is -4.29. The smallest absolute Gasteiger partial charge is 0.414 e. The summed E-state index contributed by atoms with van der Waals surface area (Å²) in [5, 5.41) is 2.63. The molecule has 4 rings (SSSR count). The number of aromatic nitrogens is 2. The maximum atomic E-state index is 14.5. The lowest BCUT2D eigenvalue weighted by molar-refractivity contribution is 0.0589. The molecule has 2 aromatic carbocycles. The van der Waals surface area contributed by atoms with Crippen LogP contribution in [-0.4, -0.2) is 34.9 Å². The zero-order valence-electron chi connectivity index (χ0n) is 26.8.